The van der Waals surface area contributed by atoms with Gasteiger partial charge in [-0.05, 0) is 34.4 Å². The average molecular weight is 630 g/mol. The Bertz CT molecular complexity index is 1430. The Hall–Kier alpha value is -3.64. The molecule has 1 saturated heterocycles. The first kappa shape index (κ1) is 33.7. The van der Waals surface area contributed by atoms with Crippen molar-refractivity contribution in [1.29, 1.82) is 0 Å². The van der Waals surface area contributed by atoms with Crippen molar-refractivity contribution in [3.05, 3.63) is 138 Å². The summed E-state index contributed by atoms with van der Waals surface area (Å²) < 4.78 is 37.7. The summed E-state index contributed by atoms with van der Waals surface area (Å²) in [7, 11) is 4.68. The molecule has 0 aliphatic carbocycles. The van der Waals surface area contributed by atoms with Crippen molar-refractivity contribution < 1.29 is 38.4 Å². The lowest BCUT2D eigenvalue weighted by molar-refractivity contribution is -0.461. The van der Waals surface area contributed by atoms with Gasteiger partial charge in [0.25, 0.3) is 5.91 Å². The highest BCUT2D eigenvalue weighted by Crippen LogP contribution is 2.37. The van der Waals surface area contributed by atoms with E-state index in [2.05, 4.69) is 0 Å². The highest BCUT2D eigenvalue weighted by atomic mass is 16.8. The molecule has 9 heteroatoms. The van der Waals surface area contributed by atoms with Crippen LogP contribution < -0.4 is 4.74 Å². The summed E-state index contributed by atoms with van der Waals surface area (Å²) in [6.07, 6.45) is -3.29. The van der Waals surface area contributed by atoms with Crippen molar-refractivity contribution >= 4 is 0 Å². The van der Waals surface area contributed by atoms with Gasteiger partial charge in [0.2, 0.25) is 0 Å². The van der Waals surface area contributed by atoms with Gasteiger partial charge in [-0.1, -0.05) is 103 Å². The molecule has 1 aliphatic heterocycles. The van der Waals surface area contributed by atoms with E-state index in [1.165, 1.54) is 12.2 Å². The molecule has 1 fully saturated rings. The van der Waals surface area contributed by atoms with Gasteiger partial charge in [-0.25, -0.2) is 0 Å². The molecule has 1 unspecified atom stereocenters. The maximum atomic E-state index is 12.2. The Balaban J connectivity index is 1.45. The van der Waals surface area contributed by atoms with Gasteiger partial charge in [-0.3, -0.25) is 4.84 Å². The minimum Gasteiger partial charge on any atom is -0.497 e. The molecule has 1 N–H and O–H groups in total. The molecule has 0 saturated carbocycles. The Morgan fingerprint density at radius 3 is 1.61 bits per heavy atom. The first-order valence-corrected chi connectivity index (χ1v) is 15.4. The molecule has 0 amide bonds. The molecule has 4 aromatic carbocycles. The lowest BCUT2D eigenvalue weighted by Gasteiger charge is -2.52. The molecule has 0 bridgehead atoms. The zero-order valence-electron chi connectivity index (χ0n) is 26.6. The molecule has 244 valence electrons. The third kappa shape index (κ3) is 8.79. The second-order valence-electron chi connectivity index (χ2n) is 11.1. The van der Waals surface area contributed by atoms with Crippen molar-refractivity contribution in [3.63, 3.8) is 0 Å². The predicted octanol–water partition coefficient (Wildman–Crippen LogP) is 5.51. The minimum atomic E-state index is -2.05. The van der Waals surface area contributed by atoms with Gasteiger partial charge in [0.05, 0.1) is 47.3 Å². The zero-order chi connectivity index (χ0) is 32.2. The van der Waals surface area contributed by atoms with Crippen molar-refractivity contribution in [2.45, 2.75) is 56.8 Å². The molecular formula is C37H43NO8. The van der Waals surface area contributed by atoms with Crippen LogP contribution in [0.15, 0.2) is 115 Å². The lowest BCUT2D eigenvalue weighted by Crippen LogP contribution is -2.72. The average Bonchev–Trinajstić information content (AvgIpc) is 3.11. The van der Waals surface area contributed by atoms with Crippen LogP contribution in [0, 0.1) is 0 Å². The van der Waals surface area contributed by atoms with Gasteiger partial charge in [0.15, 0.2) is 6.10 Å². The molecule has 1 aliphatic rings. The fourth-order valence-corrected chi connectivity index (χ4v) is 5.36. The van der Waals surface area contributed by atoms with Gasteiger partial charge in [0, 0.05) is 7.05 Å². The maximum Gasteiger partial charge on any atom is 0.280 e. The summed E-state index contributed by atoms with van der Waals surface area (Å²) >= 11 is 0. The Kier molecular flexibility index (Phi) is 12.3. The first-order valence-electron chi connectivity index (χ1n) is 15.4. The monoisotopic (exact) mass is 629 g/mol. The molecule has 1 heterocycles. The number of methoxy groups -OCH3 is 1. The predicted molar refractivity (Wildman–Crippen MR) is 172 cm³/mol. The highest BCUT2D eigenvalue weighted by molar-refractivity contribution is 5.26. The van der Waals surface area contributed by atoms with Crippen molar-refractivity contribution in [2.24, 2.45) is 0 Å². The zero-order valence-corrected chi connectivity index (χ0v) is 26.6. The summed E-state index contributed by atoms with van der Waals surface area (Å²) in [6, 6.07) is 37.1. The first-order chi connectivity index (χ1) is 22.5. The van der Waals surface area contributed by atoms with E-state index in [0.29, 0.717) is 13.2 Å². The van der Waals surface area contributed by atoms with Crippen LogP contribution in [0.25, 0.3) is 0 Å². The van der Waals surface area contributed by atoms with Crippen LogP contribution in [0.2, 0.25) is 0 Å². The van der Waals surface area contributed by atoms with Gasteiger partial charge < -0.3 is 33.5 Å². The third-order valence-corrected chi connectivity index (χ3v) is 7.96. The van der Waals surface area contributed by atoms with E-state index in [9.17, 15) is 5.11 Å². The van der Waals surface area contributed by atoms with Crippen LogP contribution >= 0.6 is 0 Å². The van der Waals surface area contributed by atoms with Crippen LogP contribution in [-0.4, -0.2) is 68.4 Å². The molecule has 5 atom stereocenters. The number of likely N-dealkylation sites (N-methyl/N-ethyl adjacent to an activating group) is 1. The molecule has 46 heavy (non-hydrogen) atoms. The maximum absolute atomic E-state index is 12.2. The van der Waals surface area contributed by atoms with Crippen LogP contribution in [0.1, 0.15) is 22.3 Å². The smallest absolute Gasteiger partial charge is 0.280 e. The number of hydroxylamine groups is 2. The summed E-state index contributed by atoms with van der Waals surface area (Å²) in [5.41, 5.74) is 3.84. The van der Waals surface area contributed by atoms with Crippen LogP contribution in [0.4, 0.5) is 0 Å². The van der Waals surface area contributed by atoms with E-state index in [0.717, 1.165) is 28.0 Å². The quantitative estimate of drug-likeness (QED) is 0.127. The molecule has 0 aromatic heterocycles. The van der Waals surface area contributed by atoms with E-state index in [1.54, 1.807) is 14.2 Å². The van der Waals surface area contributed by atoms with Crippen molar-refractivity contribution in [2.75, 3.05) is 27.9 Å². The third-order valence-electron chi connectivity index (χ3n) is 7.96. The lowest BCUT2D eigenvalue weighted by atomic mass is 9.95. The SMILES string of the molecule is COc1ccc(COC[C@H]2OC(O)(N(C)OC)[C@H](OCc3ccccc3)[C@@H](OCc3ccccc3)[C@@H]2OCc2ccccc2)cc1. The highest BCUT2D eigenvalue weighted by Gasteiger charge is 2.59. The van der Waals surface area contributed by atoms with Crippen LogP contribution in [0.3, 0.4) is 0 Å². The summed E-state index contributed by atoms with van der Waals surface area (Å²) in [5, 5.41) is 13.5. The topological polar surface area (TPSA) is 88.1 Å². The second kappa shape index (κ2) is 16.8. The molecule has 0 spiro atoms. The Labute approximate surface area is 271 Å². The number of nitrogens with zero attached hydrogens (tertiary/aromatic N) is 1. The van der Waals surface area contributed by atoms with Gasteiger partial charge in [0.1, 0.15) is 24.1 Å². The molecule has 9 nitrogen and oxygen atoms in total. The van der Waals surface area contributed by atoms with Crippen LogP contribution in [0.5, 0.6) is 5.75 Å². The van der Waals surface area contributed by atoms with Crippen molar-refractivity contribution in [1.82, 2.24) is 5.06 Å². The molecular weight excluding hydrogens is 586 g/mol. The number of rotatable bonds is 16. The molecule has 4 aromatic rings. The van der Waals surface area contributed by atoms with E-state index in [-0.39, 0.29) is 19.8 Å². The Morgan fingerprint density at radius 2 is 1.11 bits per heavy atom. The van der Waals surface area contributed by atoms with E-state index < -0.39 is 30.3 Å². The van der Waals surface area contributed by atoms with Crippen molar-refractivity contribution in [3.8, 4) is 5.75 Å². The molecule has 5 rings (SSSR count). The van der Waals surface area contributed by atoms with Crippen LogP contribution in [-0.2, 0) is 54.9 Å². The minimum absolute atomic E-state index is 0.0992. The normalized spacial score (nSPS) is 23.0. The number of benzene rings is 4. The van der Waals surface area contributed by atoms with E-state index in [1.807, 2.05) is 115 Å². The largest absolute Gasteiger partial charge is 0.497 e. The van der Waals surface area contributed by atoms with Gasteiger partial charge in [-0.2, -0.15) is 0 Å². The van der Waals surface area contributed by atoms with Gasteiger partial charge >= 0.3 is 0 Å². The number of hydrogen-bond acceptors (Lipinski definition) is 9. The van der Waals surface area contributed by atoms with E-state index in [4.69, 9.17) is 33.3 Å². The second-order valence-corrected chi connectivity index (χ2v) is 11.1. The fraction of sp³-hybridized carbons (Fsp3) is 0.351. The van der Waals surface area contributed by atoms with E-state index >= 15 is 0 Å². The number of ether oxygens (including phenoxy) is 6. The number of hydrogen-bond donors (Lipinski definition) is 1. The molecule has 0 radical (unpaired) electrons. The summed E-state index contributed by atoms with van der Waals surface area (Å²) in [6.45, 7) is 1.16. The summed E-state index contributed by atoms with van der Waals surface area (Å²) in [4.78, 5) is 5.52. The van der Waals surface area contributed by atoms with Gasteiger partial charge in [-0.15, -0.1) is 5.06 Å². The summed E-state index contributed by atoms with van der Waals surface area (Å²) in [5.74, 6) is -1.28. The Morgan fingerprint density at radius 1 is 0.630 bits per heavy atom. The number of aliphatic hydroxyl groups is 1. The standard InChI is InChI=1S/C37H43NO8/c1-38(41-3)37(39)36(45-26-30-17-11-6-12-18-30)35(44-25-29-15-9-5-10-16-29)34(43-24-28-13-7-4-8-14-28)33(46-37)27-42-23-31-19-21-32(40-2)22-20-31/h4-22,33-36,39H,23-27H2,1-3H3/t33-,34-,35+,36-,37?/m1/s1. The fourth-order valence-electron chi connectivity index (χ4n) is 5.36.